The second kappa shape index (κ2) is 11.9. The Morgan fingerprint density at radius 2 is 1.88 bits per heavy atom. The summed E-state index contributed by atoms with van der Waals surface area (Å²) in [5.41, 5.74) is 2.73. The number of anilines is 1. The first-order valence-electron chi connectivity index (χ1n) is 14.0. The van der Waals surface area contributed by atoms with E-state index < -0.39 is 12.6 Å². The summed E-state index contributed by atoms with van der Waals surface area (Å²) in [7, 11) is 0. The van der Waals surface area contributed by atoms with Gasteiger partial charge in [-0.15, -0.1) is 11.3 Å². The summed E-state index contributed by atoms with van der Waals surface area (Å²) in [5, 5.41) is 10.9. The molecule has 3 aromatic heterocycles. The van der Waals surface area contributed by atoms with Crippen LogP contribution in [0.4, 0.5) is 19.0 Å². The fourth-order valence-electron chi connectivity index (χ4n) is 5.93. The van der Waals surface area contributed by atoms with E-state index in [2.05, 4.69) is 47.9 Å². The van der Waals surface area contributed by atoms with Crippen molar-refractivity contribution in [3.05, 3.63) is 52.8 Å². The predicted octanol–water partition coefficient (Wildman–Crippen LogP) is 4.95. The lowest BCUT2D eigenvalue weighted by molar-refractivity contribution is -0.126. The highest BCUT2D eigenvalue weighted by Gasteiger charge is 2.31. The predicted molar refractivity (Wildman–Crippen MR) is 153 cm³/mol. The first kappa shape index (κ1) is 27.9. The number of H-pyrrole nitrogens is 1. The topological polar surface area (TPSA) is 84.3 Å². The molecule has 6 rings (SSSR count). The maximum Gasteiger partial charge on any atom is 0.393 e. The van der Waals surface area contributed by atoms with Gasteiger partial charge in [0.25, 0.3) is 0 Å². The van der Waals surface area contributed by atoms with Crippen molar-refractivity contribution in [2.75, 3.05) is 57.4 Å². The third kappa shape index (κ3) is 6.64. The summed E-state index contributed by atoms with van der Waals surface area (Å²) in [5.74, 6) is 0.734. The van der Waals surface area contributed by atoms with Crippen molar-refractivity contribution < 1.29 is 17.9 Å². The van der Waals surface area contributed by atoms with Crippen molar-refractivity contribution in [1.82, 2.24) is 24.8 Å². The highest BCUT2D eigenvalue weighted by Crippen LogP contribution is 2.35. The van der Waals surface area contributed by atoms with Gasteiger partial charge in [-0.05, 0) is 42.7 Å². The summed E-state index contributed by atoms with van der Waals surface area (Å²) in [6, 6.07) is 12.2. The van der Waals surface area contributed by atoms with Crippen LogP contribution >= 0.6 is 11.3 Å². The number of nitrogens with zero attached hydrogens (tertiary/aromatic N) is 6. The van der Waals surface area contributed by atoms with Crippen LogP contribution in [0.2, 0.25) is 0 Å². The maximum absolute atomic E-state index is 13.2. The minimum absolute atomic E-state index is 0.224. The molecule has 0 amide bonds. The van der Waals surface area contributed by atoms with Gasteiger partial charge < -0.3 is 14.6 Å². The van der Waals surface area contributed by atoms with Gasteiger partial charge in [0.2, 0.25) is 0 Å². The van der Waals surface area contributed by atoms with Gasteiger partial charge in [-0.1, -0.05) is 6.07 Å². The van der Waals surface area contributed by atoms with Gasteiger partial charge in [0.1, 0.15) is 28.7 Å². The quantitative estimate of drug-likeness (QED) is 0.314. The van der Waals surface area contributed by atoms with Gasteiger partial charge in [0.15, 0.2) is 0 Å². The number of benzene rings is 1. The van der Waals surface area contributed by atoms with Crippen LogP contribution in [-0.2, 0) is 17.7 Å². The number of hydrogen-bond donors (Lipinski definition) is 1. The number of nitrogens with one attached hydrogen (secondary N) is 1. The molecule has 0 spiro atoms. The zero-order valence-corrected chi connectivity index (χ0v) is 23.5. The highest BCUT2D eigenvalue weighted by molar-refractivity contribution is 7.18. The Hall–Kier alpha value is -3.24. The van der Waals surface area contributed by atoms with Crippen LogP contribution in [0.25, 0.3) is 21.1 Å². The molecule has 216 valence electrons. The molecule has 2 fully saturated rings. The van der Waals surface area contributed by atoms with Crippen LogP contribution < -0.4 is 4.90 Å². The van der Waals surface area contributed by atoms with E-state index in [1.807, 2.05) is 12.1 Å². The van der Waals surface area contributed by atoms with Crippen molar-refractivity contribution in [3.8, 4) is 6.07 Å². The van der Waals surface area contributed by atoms with Gasteiger partial charge in [0.05, 0.1) is 25.0 Å². The largest absolute Gasteiger partial charge is 0.393 e. The molecule has 2 saturated heterocycles. The molecule has 12 heteroatoms. The van der Waals surface area contributed by atoms with Crippen molar-refractivity contribution in [2.45, 2.75) is 38.0 Å². The van der Waals surface area contributed by atoms with E-state index in [1.54, 1.807) is 6.07 Å². The summed E-state index contributed by atoms with van der Waals surface area (Å²) >= 11 is 1.10. The molecule has 0 aliphatic carbocycles. The molecule has 5 heterocycles. The Morgan fingerprint density at radius 3 is 2.63 bits per heavy atom. The zero-order chi connectivity index (χ0) is 28.4. The van der Waals surface area contributed by atoms with Crippen LogP contribution in [0.5, 0.6) is 0 Å². The Labute approximate surface area is 240 Å². The number of rotatable bonds is 8. The van der Waals surface area contributed by atoms with E-state index in [-0.39, 0.29) is 10.9 Å². The molecule has 0 unspecified atom stereocenters. The number of thiophene rings is 1. The molecule has 0 bridgehead atoms. The van der Waals surface area contributed by atoms with E-state index in [9.17, 15) is 18.4 Å². The monoisotopic (exact) mass is 583 g/mol. The fourth-order valence-corrected chi connectivity index (χ4v) is 6.95. The van der Waals surface area contributed by atoms with Crippen molar-refractivity contribution in [1.29, 1.82) is 5.26 Å². The van der Waals surface area contributed by atoms with Gasteiger partial charge in [0, 0.05) is 67.6 Å². The molecular weight excluding hydrogens is 551 g/mol. The van der Waals surface area contributed by atoms with E-state index in [0.29, 0.717) is 29.1 Å². The summed E-state index contributed by atoms with van der Waals surface area (Å²) < 4.78 is 45.0. The number of halogens is 3. The van der Waals surface area contributed by atoms with E-state index in [1.165, 1.54) is 11.9 Å². The molecule has 1 aromatic carbocycles. The number of aromatic nitrogens is 3. The average molecular weight is 584 g/mol. The lowest BCUT2D eigenvalue weighted by Gasteiger charge is -2.40. The fraction of sp³-hybridized carbons (Fsp3) is 0.483. The van der Waals surface area contributed by atoms with Gasteiger partial charge in [-0.3, -0.25) is 9.80 Å². The summed E-state index contributed by atoms with van der Waals surface area (Å²) in [4.78, 5) is 20.1. The smallest absolute Gasteiger partial charge is 0.379 e. The second-order valence-corrected chi connectivity index (χ2v) is 11.9. The lowest BCUT2D eigenvalue weighted by atomic mass is 10.0. The number of alkyl halides is 3. The van der Waals surface area contributed by atoms with Crippen LogP contribution in [-0.4, -0.2) is 89.5 Å². The molecule has 1 N–H and O–H groups in total. The molecule has 2 aliphatic heterocycles. The molecular formula is C29H32F3N7OS. The normalized spacial score (nSPS) is 17.8. The molecule has 41 heavy (non-hydrogen) atoms. The van der Waals surface area contributed by atoms with Gasteiger partial charge in [-0.2, -0.15) is 18.4 Å². The van der Waals surface area contributed by atoms with Gasteiger partial charge in [-0.25, -0.2) is 9.97 Å². The van der Waals surface area contributed by atoms with E-state index >= 15 is 0 Å². The van der Waals surface area contributed by atoms with Crippen LogP contribution in [0.1, 0.15) is 29.0 Å². The first-order valence-corrected chi connectivity index (χ1v) is 14.8. The summed E-state index contributed by atoms with van der Waals surface area (Å²) in [6.45, 7) is 7.41. The Kier molecular flexibility index (Phi) is 8.12. The van der Waals surface area contributed by atoms with Crippen molar-refractivity contribution in [3.63, 3.8) is 0 Å². The third-order valence-corrected chi connectivity index (χ3v) is 9.02. The average Bonchev–Trinajstić information content (AvgIpc) is 3.57. The molecule has 8 nitrogen and oxygen atoms in total. The highest BCUT2D eigenvalue weighted by atomic mass is 32.1. The molecule has 0 saturated carbocycles. The maximum atomic E-state index is 13.2. The molecule has 2 aliphatic rings. The minimum Gasteiger partial charge on any atom is -0.379 e. The number of likely N-dealkylation sites (tertiary alicyclic amines) is 1. The molecule has 0 atom stereocenters. The minimum atomic E-state index is -4.26. The Balaban J connectivity index is 1.19. The number of piperidine rings is 1. The summed E-state index contributed by atoms with van der Waals surface area (Å²) in [6.07, 6.45) is -1.87. The first-order chi connectivity index (χ1) is 19.8. The Morgan fingerprint density at radius 1 is 1.07 bits per heavy atom. The van der Waals surface area contributed by atoms with Crippen LogP contribution in [0, 0.1) is 11.3 Å². The second-order valence-electron chi connectivity index (χ2n) is 10.8. The van der Waals surface area contributed by atoms with Crippen molar-refractivity contribution >= 4 is 38.3 Å². The SMILES string of the molecule is N#Cc1cc2cc(CN3CCC(N(CCN4CCOCC4)c4ncnc5sc(CC(F)(F)F)cc45)CC3)ccc2[nH]1. The van der Waals surface area contributed by atoms with Gasteiger partial charge >= 0.3 is 6.18 Å². The number of morpholine rings is 1. The Bertz CT molecular complexity index is 1530. The standard InChI is InChI=1S/C29H32F3N7OS/c30-29(31,32)16-24-15-25-27(34-19-35-28(25)41-24)39(8-7-37-9-11-40-12-10-37)23-3-5-38(6-4-23)18-20-1-2-26-21(13-20)14-22(17-33)36-26/h1-2,13-15,19,23,36H,3-12,16,18H2. The number of ether oxygens (including phenoxy) is 1. The molecule has 0 radical (unpaired) electrons. The molecule has 4 aromatic rings. The lowest BCUT2D eigenvalue weighted by Crippen LogP contribution is -2.48. The number of fused-ring (bicyclic) bond motifs is 2. The number of nitriles is 1. The van der Waals surface area contributed by atoms with E-state index in [4.69, 9.17) is 4.74 Å². The third-order valence-electron chi connectivity index (χ3n) is 7.98. The zero-order valence-electron chi connectivity index (χ0n) is 22.7. The van der Waals surface area contributed by atoms with Crippen molar-refractivity contribution in [2.24, 2.45) is 0 Å². The number of aromatic amines is 1. The number of hydrogen-bond acceptors (Lipinski definition) is 8. The van der Waals surface area contributed by atoms with Crippen LogP contribution in [0.3, 0.4) is 0 Å². The van der Waals surface area contributed by atoms with Crippen LogP contribution in [0.15, 0.2) is 36.7 Å². The van der Waals surface area contributed by atoms with E-state index in [0.717, 1.165) is 86.7 Å².